The zero-order chi connectivity index (χ0) is 16.9. The molecule has 24 heavy (non-hydrogen) atoms. The van der Waals surface area contributed by atoms with E-state index in [-0.39, 0.29) is 0 Å². The average molecular weight is 325 g/mol. The minimum Gasteiger partial charge on any atom is -0.493 e. The Labute approximate surface area is 142 Å². The van der Waals surface area contributed by atoms with Crippen molar-refractivity contribution in [2.45, 2.75) is 24.9 Å². The van der Waals surface area contributed by atoms with E-state index in [0.29, 0.717) is 36.0 Å². The molecule has 2 aromatic rings. The lowest BCUT2D eigenvalue weighted by Crippen LogP contribution is -2.34. The van der Waals surface area contributed by atoms with Gasteiger partial charge in [0.1, 0.15) is 0 Å². The number of hydrogen-bond acceptors (Lipinski definition) is 3. The van der Waals surface area contributed by atoms with Gasteiger partial charge in [0, 0.05) is 12.0 Å². The van der Waals surface area contributed by atoms with Crippen molar-refractivity contribution in [3.63, 3.8) is 0 Å². The van der Waals surface area contributed by atoms with Crippen molar-refractivity contribution in [2.75, 3.05) is 14.2 Å². The van der Waals surface area contributed by atoms with E-state index < -0.39 is 0 Å². The highest BCUT2D eigenvalue weighted by atomic mass is 16.5. The Morgan fingerprint density at radius 2 is 1.88 bits per heavy atom. The van der Waals surface area contributed by atoms with Gasteiger partial charge >= 0.3 is 0 Å². The molecule has 2 unspecified atom stereocenters. The molecule has 1 fully saturated rings. The standard InChI is InChI=1S/C19H23N3O2/c1-23-17-9-8-13(10-18(17)24-2)12-21-19(20)22-16-11-15(16)14-6-4-3-5-7-14/h3-10,15-16H,11-12H2,1-2H3,(H3,20,21,22). The van der Waals surface area contributed by atoms with Gasteiger partial charge in [-0.25, -0.2) is 4.99 Å². The lowest BCUT2D eigenvalue weighted by molar-refractivity contribution is 0.354. The first-order chi connectivity index (χ1) is 11.7. The Hall–Kier alpha value is -2.69. The quantitative estimate of drug-likeness (QED) is 0.633. The van der Waals surface area contributed by atoms with Crippen LogP contribution in [0.1, 0.15) is 23.5 Å². The SMILES string of the molecule is COc1ccc(CN=C(N)NC2CC2c2ccccc2)cc1OC. The van der Waals surface area contributed by atoms with Crippen LogP contribution < -0.4 is 20.5 Å². The summed E-state index contributed by atoms with van der Waals surface area (Å²) in [6.45, 7) is 0.502. The molecule has 2 aromatic carbocycles. The Bertz CT molecular complexity index is 716. The first-order valence-corrected chi connectivity index (χ1v) is 8.03. The van der Waals surface area contributed by atoms with Crippen molar-refractivity contribution >= 4 is 5.96 Å². The number of ether oxygens (including phenoxy) is 2. The first kappa shape index (κ1) is 16.2. The highest BCUT2D eigenvalue weighted by Crippen LogP contribution is 2.40. The maximum Gasteiger partial charge on any atom is 0.189 e. The maximum atomic E-state index is 6.01. The van der Waals surface area contributed by atoms with Crippen LogP contribution in [0.25, 0.3) is 0 Å². The van der Waals surface area contributed by atoms with Gasteiger partial charge in [-0.15, -0.1) is 0 Å². The van der Waals surface area contributed by atoms with Crippen LogP contribution in [-0.2, 0) is 6.54 Å². The van der Waals surface area contributed by atoms with Crippen molar-refractivity contribution < 1.29 is 9.47 Å². The Kier molecular flexibility index (Phi) is 4.89. The third-order valence-electron chi connectivity index (χ3n) is 4.23. The molecule has 0 aliphatic heterocycles. The maximum absolute atomic E-state index is 6.01. The summed E-state index contributed by atoms with van der Waals surface area (Å²) in [7, 11) is 3.24. The van der Waals surface area contributed by atoms with E-state index in [1.54, 1.807) is 14.2 Å². The smallest absolute Gasteiger partial charge is 0.189 e. The van der Waals surface area contributed by atoms with Gasteiger partial charge in [-0.05, 0) is 29.7 Å². The number of benzene rings is 2. The molecule has 3 N–H and O–H groups in total. The van der Waals surface area contributed by atoms with Crippen molar-refractivity contribution in [3.8, 4) is 11.5 Å². The van der Waals surface area contributed by atoms with Crippen molar-refractivity contribution in [1.82, 2.24) is 5.32 Å². The molecule has 0 radical (unpaired) electrons. The van der Waals surface area contributed by atoms with Crippen LogP contribution >= 0.6 is 0 Å². The van der Waals surface area contributed by atoms with Crippen LogP contribution in [0.3, 0.4) is 0 Å². The van der Waals surface area contributed by atoms with Crippen LogP contribution in [0.4, 0.5) is 0 Å². The molecular formula is C19H23N3O2. The molecule has 0 saturated heterocycles. The van der Waals surface area contributed by atoms with Gasteiger partial charge in [0.2, 0.25) is 0 Å². The second-order valence-corrected chi connectivity index (χ2v) is 5.89. The molecule has 126 valence electrons. The van der Waals surface area contributed by atoms with Gasteiger partial charge in [0.25, 0.3) is 0 Å². The minimum atomic E-state index is 0.376. The zero-order valence-corrected chi connectivity index (χ0v) is 14.0. The van der Waals surface area contributed by atoms with Crippen molar-refractivity contribution in [2.24, 2.45) is 10.7 Å². The molecule has 0 bridgehead atoms. The topological polar surface area (TPSA) is 68.9 Å². The van der Waals surface area contributed by atoms with Gasteiger partial charge < -0.3 is 20.5 Å². The molecule has 3 rings (SSSR count). The summed E-state index contributed by atoms with van der Waals surface area (Å²) in [5.41, 5.74) is 8.38. The monoisotopic (exact) mass is 325 g/mol. The van der Waals surface area contributed by atoms with Gasteiger partial charge in [-0.1, -0.05) is 36.4 Å². The molecular weight excluding hydrogens is 302 g/mol. The van der Waals surface area contributed by atoms with E-state index in [2.05, 4.69) is 34.6 Å². The van der Waals surface area contributed by atoms with Gasteiger partial charge in [-0.3, -0.25) is 0 Å². The molecule has 1 aliphatic carbocycles. The van der Waals surface area contributed by atoms with Gasteiger partial charge in [-0.2, -0.15) is 0 Å². The second-order valence-electron chi connectivity index (χ2n) is 5.89. The van der Waals surface area contributed by atoms with Crippen LogP contribution in [0.2, 0.25) is 0 Å². The molecule has 1 saturated carbocycles. The average Bonchev–Trinajstić information content (AvgIpc) is 3.39. The Balaban J connectivity index is 1.56. The molecule has 5 heteroatoms. The van der Waals surface area contributed by atoms with E-state index in [0.717, 1.165) is 12.0 Å². The molecule has 5 nitrogen and oxygen atoms in total. The number of methoxy groups -OCH3 is 2. The van der Waals surface area contributed by atoms with Crippen LogP contribution in [0.5, 0.6) is 11.5 Å². The third-order valence-corrected chi connectivity index (χ3v) is 4.23. The van der Waals surface area contributed by atoms with E-state index in [9.17, 15) is 0 Å². The fourth-order valence-electron chi connectivity index (χ4n) is 2.81. The number of nitrogens with two attached hydrogens (primary N) is 1. The fourth-order valence-corrected chi connectivity index (χ4v) is 2.81. The molecule has 0 aromatic heterocycles. The number of nitrogens with zero attached hydrogens (tertiary/aromatic N) is 1. The first-order valence-electron chi connectivity index (χ1n) is 8.03. The predicted octanol–water partition coefficient (Wildman–Crippen LogP) is 2.66. The fraction of sp³-hybridized carbons (Fsp3) is 0.316. The van der Waals surface area contributed by atoms with Crippen LogP contribution in [-0.4, -0.2) is 26.2 Å². The number of nitrogens with one attached hydrogen (secondary N) is 1. The number of rotatable bonds is 6. The summed E-state index contributed by atoms with van der Waals surface area (Å²) in [6, 6.07) is 16.6. The molecule has 0 heterocycles. The lowest BCUT2D eigenvalue weighted by atomic mass is 10.1. The Morgan fingerprint density at radius 1 is 1.12 bits per heavy atom. The van der Waals surface area contributed by atoms with E-state index in [1.165, 1.54) is 5.56 Å². The minimum absolute atomic E-state index is 0.376. The molecule has 1 aliphatic rings. The molecule has 0 amide bonds. The summed E-state index contributed by atoms with van der Waals surface area (Å²) < 4.78 is 10.5. The Morgan fingerprint density at radius 3 is 2.58 bits per heavy atom. The highest BCUT2D eigenvalue weighted by molar-refractivity contribution is 5.78. The predicted molar refractivity (Wildman–Crippen MR) is 95.6 cm³/mol. The lowest BCUT2D eigenvalue weighted by Gasteiger charge is -2.09. The van der Waals surface area contributed by atoms with Crippen LogP contribution in [0, 0.1) is 0 Å². The summed E-state index contributed by atoms with van der Waals surface area (Å²) in [4.78, 5) is 4.42. The van der Waals surface area contributed by atoms with Crippen molar-refractivity contribution in [1.29, 1.82) is 0 Å². The van der Waals surface area contributed by atoms with Crippen LogP contribution in [0.15, 0.2) is 53.5 Å². The van der Waals surface area contributed by atoms with Crippen molar-refractivity contribution in [3.05, 3.63) is 59.7 Å². The largest absolute Gasteiger partial charge is 0.493 e. The summed E-state index contributed by atoms with van der Waals surface area (Å²) in [5.74, 6) is 2.41. The summed E-state index contributed by atoms with van der Waals surface area (Å²) in [6.07, 6.45) is 1.09. The van der Waals surface area contributed by atoms with E-state index >= 15 is 0 Å². The van der Waals surface area contributed by atoms with Gasteiger partial charge in [0.05, 0.1) is 20.8 Å². The summed E-state index contributed by atoms with van der Waals surface area (Å²) >= 11 is 0. The molecule has 2 atom stereocenters. The van der Waals surface area contributed by atoms with E-state index in [4.69, 9.17) is 15.2 Å². The highest BCUT2D eigenvalue weighted by Gasteiger charge is 2.38. The zero-order valence-electron chi connectivity index (χ0n) is 14.0. The second kappa shape index (κ2) is 7.25. The number of hydrogen-bond donors (Lipinski definition) is 2. The number of guanidine groups is 1. The van der Waals surface area contributed by atoms with E-state index in [1.807, 2.05) is 24.3 Å². The molecule has 0 spiro atoms. The van der Waals surface area contributed by atoms with Gasteiger partial charge in [0.15, 0.2) is 17.5 Å². The normalized spacial score (nSPS) is 19.7. The number of aliphatic imine (C=N–C) groups is 1. The third kappa shape index (κ3) is 3.79. The summed E-state index contributed by atoms with van der Waals surface area (Å²) in [5, 5.41) is 3.30.